The van der Waals surface area contributed by atoms with Gasteiger partial charge in [-0.15, -0.1) is 0 Å². The van der Waals surface area contributed by atoms with E-state index in [0.717, 1.165) is 36.2 Å². The molecule has 112 valence electrons. The van der Waals surface area contributed by atoms with Crippen molar-refractivity contribution in [3.63, 3.8) is 0 Å². The molecule has 1 aliphatic heterocycles. The van der Waals surface area contributed by atoms with Crippen LogP contribution in [0.3, 0.4) is 0 Å². The summed E-state index contributed by atoms with van der Waals surface area (Å²) in [5.41, 5.74) is 4.16. The van der Waals surface area contributed by atoms with Gasteiger partial charge in [-0.25, -0.2) is 8.78 Å². The number of allylic oxidation sites excluding steroid dienone is 1. The normalized spacial score (nSPS) is 18.5. The molecule has 1 aliphatic rings. The summed E-state index contributed by atoms with van der Waals surface area (Å²) in [4.78, 5) is 0. The van der Waals surface area contributed by atoms with Gasteiger partial charge >= 0.3 is 0 Å². The Kier molecular flexibility index (Phi) is 4.33. The first-order chi connectivity index (χ1) is 10.7. The van der Waals surface area contributed by atoms with Crippen molar-refractivity contribution >= 4 is 12.2 Å². The predicted octanol–water partition coefficient (Wildman–Crippen LogP) is 4.77. The second-order valence-electron chi connectivity index (χ2n) is 5.36. The molecule has 2 aromatic carbocycles. The minimum atomic E-state index is -0.235. The van der Waals surface area contributed by atoms with Gasteiger partial charge in [-0.05, 0) is 66.0 Å². The lowest BCUT2D eigenvalue weighted by molar-refractivity contribution is 0.627. The zero-order chi connectivity index (χ0) is 15.4. The molecule has 0 atom stereocenters. The van der Waals surface area contributed by atoms with Gasteiger partial charge in [0.25, 0.3) is 0 Å². The van der Waals surface area contributed by atoms with Crippen molar-refractivity contribution in [1.29, 1.82) is 0 Å². The van der Waals surface area contributed by atoms with Crippen LogP contribution in [0.1, 0.15) is 24.0 Å². The Morgan fingerprint density at radius 2 is 1.32 bits per heavy atom. The van der Waals surface area contributed by atoms with Crippen LogP contribution < -0.4 is 5.32 Å². The molecule has 0 aromatic heterocycles. The van der Waals surface area contributed by atoms with Gasteiger partial charge in [-0.3, -0.25) is 0 Å². The summed E-state index contributed by atoms with van der Waals surface area (Å²) in [7, 11) is 0. The largest absolute Gasteiger partial charge is 0.385 e. The monoisotopic (exact) mass is 297 g/mol. The number of piperidine rings is 1. The summed E-state index contributed by atoms with van der Waals surface area (Å²) in [6.45, 7) is 0.924. The lowest BCUT2D eigenvalue weighted by atomic mass is 9.98. The molecule has 1 nitrogen and oxygen atoms in total. The standard InChI is InChI=1S/C19H17F2N/c20-17-7-3-14(4-8-17)12-16-2-1-11-22-19(16)13-15-5-9-18(21)10-6-15/h3-10,12-13,22H,1-2,11H2. The smallest absolute Gasteiger partial charge is 0.123 e. The highest BCUT2D eigenvalue weighted by Gasteiger charge is 2.11. The maximum atomic E-state index is 13.0. The zero-order valence-electron chi connectivity index (χ0n) is 12.2. The quantitative estimate of drug-likeness (QED) is 0.841. The van der Waals surface area contributed by atoms with Crippen molar-refractivity contribution in [3.05, 3.63) is 82.6 Å². The van der Waals surface area contributed by atoms with Crippen LogP contribution in [-0.4, -0.2) is 6.54 Å². The van der Waals surface area contributed by atoms with Crippen molar-refractivity contribution in [1.82, 2.24) is 5.32 Å². The minimum absolute atomic E-state index is 0.231. The Hall–Kier alpha value is -2.42. The number of hydrogen-bond donors (Lipinski definition) is 1. The van der Waals surface area contributed by atoms with Crippen molar-refractivity contribution in [2.45, 2.75) is 12.8 Å². The van der Waals surface area contributed by atoms with Crippen molar-refractivity contribution in [2.24, 2.45) is 0 Å². The second kappa shape index (κ2) is 6.56. The minimum Gasteiger partial charge on any atom is -0.385 e. The summed E-state index contributed by atoms with van der Waals surface area (Å²) < 4.78 is 26.0. The fourth-order valence-corrected chi connectivity index (χ4v) is 2.53. The molecule has 22 heavy (non-hydrogen) atoms. The summed E-state index contributed by atoms with van der Waals surface area (Å²) in [6.07, 6.45) is 6.13. The van der Waals surface area contributed by atoms with Crippen molar-refractivity contribution in [2.75, 3.05) is 6.54 Å². The average Bonchev–Trinajstić information content (AvgIpc) is 2.54. The molecular formula is C19H17F2N. The second-order valence-corrected chi connectivity index (χ2v) is 5.36. The molecule has 0 bridgehead atoms. The molecule has 3 rings (SSSR count). The first-order valence-electron chi connectivity index (χ1n) is 7.38. The highest BCUT2D eigenvalue weighted by Crippen LogP contribution is 2.24. The molecule has 1 saturated heterocycles. The van der Waals surface area contributed by atoms with Crippen molar-refractivity contribution < 1.29 is 8.78 Å². The van der Waals surface area contributed by atoms with E-state index in [9.17, 15) is 8.78 Å². The molecule has 2 aromatic rings. The van der Waals surface area contributed by atoms with Crippen LogP contribution in [0.4, 0.5) is 8.78 Å². The van der Waals surface area contributed by atoms with E-state index in [4.69, 9.17) is 0 Å². The van der Waals surface area contributed by atoms with Gasteiger partial charge in [0, 0.05) is 12.2 Å². The molecule has 0 saturated carbocycles. The van der Waals surface area contributed by atoms with Gasteiger partial charge < -0.3 is 5.32 Å². The van der Waals surface area contributed by atoms with Crippen molar-refractivity contribution in [3.8, 4) is 0 Å². The van der Waals surface area contributed by atoms with E-state index in [1.54, 1.807) is 24.3 Å². The van der Waals surface area contributed by atoms with Gasteiger partial charge in [0.2, 0.25) is 0 Å². The highest BCUT2D eigenvalue weighted by atomic mass is 19.1. The Morgan fingerprint density at radius 1 is 0.773 bits per heavy atom. The van der Waals surface area contributed by atoms with Crippen LogP contribution in [-0.2, 0) is 0 Å². The number of rotatable bonds is 2. The molecule has 1 fully saturated rings. The van der Waals surface area contributed by atoms with Gasteiger partial charge in [0.05, 0.1) is 0 Å². The molecule has 0 spiro atoms. The molecule has 0 radical (unpaired) electrons. The summed E-state index contributed by atoms with van der Waals surface area (Å²) in [5, 5.41) is 3.39. The summed E-state index contributed by atoms with van der Waals surface area (Å²) in [6, 6.07) is 12.9. The van der Waals surface area contributed by atoms with Crippen LogP contribution in [0.25, 0.3) is 12.2 Å². The van der Waals surface area contributed by atoms with E-state index in [-0.39, 0.29) is 11.6 Å². The Bertz CT molecular complexity index is 634. The van der Waals surface area contributed by atoms with E-state index in [0.29, 0.717) is 0 Å². The van der Waals surface area contributed by atoms with E-state index in [1.807, 2.05) is 6.08 Å². The SMILES string of the molecule is Fc1ccc(C=C2CCCNC2=Cc2ccc(F)cc2)cc1. The van der Waals surface area contributed by atoms with Crippen LogP contribution in [0.15, 0.2) is 59.8 Å². The maximum absolute atomic E-state index is 13.0. The molecule has 0 unspecified atom stereocenters. The molecule has 1 heterocycles. The third kappa shape index (κ3) is 3.61. The third-order valence-electron chi connectivity index (χ3n) is 3.68. The number of benzene rings is 2. The van der Waals surface area contributed by atoms with E-state index < -0.39 is 0 Å². The first-order valence-corrected chi connectivity index (χ1v) is 7.38. The Labute approximate surface area is 129 Å². The fraction of sp³-hybridized carbons (Fsp3) is 0.158. The lowest BCUT2D eigenvalue weighted by Crippen LogP contribution is -2.21. The zero-order valence-corrected chi connectivity index (χ0v) is 12.2. The first kappa shape index (κ1) is 14.5. The molecule has 3 heteroatoms. The van der Waals surface area contributed by atoms with Crippen LogP contribution in [0.2, 0.25) is 0 Å². The number of hydrogen-bond acceptors (Lipinski definition) is 1. The average molecular weight is 297 g/mol. The van der Waals surface area contributed by atoms with E-state index >= 15 is 0 Å². The van der Waals surface area contributed by atoms with Gasteiger partial charge in [0.15, 0.2) is 0 Å². The Morgan fingerprint density at radius 3 is 1.91 bits per heavy atom. The van der Waals surface area contributed by atoms with E-state index in [1.165, 1.54) is 29.8 Å². The molecule has 0 amide bonds. The van der Waals surface area contributed by atoms with Crippen LogP contribution >= 0.6 is 0 Å². The van der Waals surface area contributed by atoms with Crippen LogP contribution in [0, 0.1) is 11.6 Å². The lowest BCUT2D eigenvalue weighted by Gasteiger charge is -2.21. The van der Waals surface area contributed by atoms with Crippen LogP contribution in [0.5, 0.6) is 0 Å². The number of halogens is 2. The van der Waals surface area contributed by atoms with Gasteiger partial charge in [-0.1, -0.05) is 24.3 Å². The molecular weight excluding hydrogens is 280 g/mol. The van der Waals surface area contributed by atoms with Gasteiger partial charge in [-0.2, -0.15) is 0 Å². The van der Waals surface area contributed by atoms with Gasteiger partial charge in [0.1, 0.15) is 11.6 Å². The topological polar surface area (TPSA) is 12.0 Å². The molecule has 0 aliphatic carbocycles. The summed E-state index contributed by atoms with van der Waals surface area (Å²) >= 11 is 0. The predicted molar refractivity (Wildman–Crippen MR) is 86.0 cm³/mol. The molecule has 1 N–H and O–H groups in total. The maximum Gasteiger partial charge on any atom is 0.123 e. The Balaban J connectivity index is 1.90. The fourth-order valence-electron chi connectivity index (χ4n) is 2.53. The van der Waals surface area contributed by atoms with E-state index in [2.05, 4.69) is 11.4 Å². The summed E-state index contributed by atoms with van der Waals surface area (Å²) in [5.74, 6) is -0.466. The third-order valence-corrected chi connectivity index (χ3v) is 3.68. The highest BCUT2D eigenvalue weighted by molar-refractivity contribution is 5.66. The number of nitrogens with one attached hydrogen (secondary N) is 1.